The van der Waals surface area contributed by atoms with Crippen LogP contribution >= 0.6 is 11.6 Å². The van der Waals surface area contributed by atoms with E-state index in [4.69, 9.17) is 16.3 Å². The van der Waals surface area contributed by atoms with Crippen molar-refractivity contribution in [1.82, 2.24) is 24.2 Å². The van der Waals surface area contributed by atoms with E-state index in [0.29, 0.717) is 54.6 Å². The van der Waals surface area contributed by atoms with Crippen LogP contribution in [-0.4, -0.2) is 50.0 Å². The van der Waals surface area contributed by atoms with Gasteiger partial charge in [0.1, 0.15) is 5.82 Å². The Hall–Kier alpha value is -3.20. The zero-order chi connectivity index (χ0) is 23.5. The van der Waals surface area contributed by atoms with Crippen molar-refractivity contribution in [2.75, 3.05) is 19.7 Å². The zero-order valence-corrected chi connectivity index (χ0v) is 19.2. The summed E-state index contributed by atoms with van der Waals surface area (Å²) in [5.41, 5.74) is 0.664. The molecule has 0 bridgehead atoms. The van der Waals surface area contributed by atoms with E-state index in [2.05, 4.69) is 10.1 Å². The number of carbonyl (C=O) groups is 1. The van der Waals surface area contributed by atoms with Gasteiger partial charge in [-0.1, -0.05) is 25.4 Å². The number of amides is 1. The first kappa shape index (κ1) is 23.0. The molecular weight excluding hydrogens is 449 g/mol. The molecule has 1 fully saturated rings. The van der Waals surface area contributed by atoms with E-state index >= 15 is 0 Å². The molecule has 8 nitrogen and oxygen atoms in total. The number of likely N-dealkylation sites (tertiary alicyclic amines) is 1. The van der Waals surface area contributed by atoms with Crippen LogP contribution in [-0.2, 0) is 4.74 Å². The second-order valence-corrected chi connectivity index (χ2v) is 8.81. The number of rotatable bonds is 5. The van der Waals surface area contributed by atoms with Gasteiger partial charge in [-0.3, -0.25) is 4.98 Å². The number of piperidine rings is 1. The molecule has 3 aromatic rings. The second kappa shape index (κ2) is 9.74. The van der Waals surface area contributed by atoms with Gasteiger partial charge in [-0.2, -0.15) is 0 Å². The lowest BCUT2D eigenvalue weighted by molar-refractivity contribution is 0.0786. The van der Waals surface area contributed by atoms with Crippen molar-refractivity contribution in [1.29, 1.82) is 0 Å². The summed E-state index contributed by atoms with van der Waals surface area (Å²) in [6.45, 7) is 5.26. The molecule has 0 atom stereocenters. The number of hydrogen-bond donors (Lipinski definition) is 0. The Labute approximate surface area is 195 Å². The van der Waals surface area contributed by atoms with E-state index in [-0.39, 0.29) is 23.7 Å². The van der Waals surface area contributed by atoms with Crippen LogP contribution in [0.2, 0.25) is 5.02 Å². The Kier molecular flexibility index (Phi) is 6.78. The quantitative estimate of drug-likeness (QED) is 0.551. The lowest BCUT2D eigenvalue weighted by Gasteiger charge is -2.31. The molecule has 33 heavy (non-hydrogen) atoms. The minimum Gasteiger partial charge on any atom is -0.449 e. The van der Waals surface area contributed by atoms with Crippen LogP contribution in [0.4, 0.5) is 9.18 Å². The summed E-state index contributed by atoms with van der Waals surface area (Å²) >= 11 is 6.35. The number of ether oxygens (including phenoxy) is 1. The molecule has 0 radical (unpaired) electrons. The zero-order valence-electron chi connectivity index (χ0n) is 18.4. The van der Waals surface area contributed by atoms with Gasteiger partial charge in [-0.05, 0) is 49.1 Å². The summed E-state index contributed by atoms with van der Waals surface area (Å²) in [5.74, 6) is 0.205. The van der Waals surface area contributed by atoms with Crippen molar-refractivity contribution < 1.29 is 13.9 Å². The highest BCUT2D eigenvalue weighted by Gasteiger charge is 2.29. The normalized spacial score (nSPS) is 14.6. The minimum absolute atomic E-state index is 0.201. The van der Waals surface area contributed by atoms with Gasteiger partial charge in [0.05, 0.1) is 23.4 Å². The third-order valence-corrected chi connectivity index (χ3v) is 5.81. The molecule has 0 N–H and O–H groups in total. The van der Waals surface area contributed by atoms with Crippen molar-refractivity contribution in [3.05, 3.63) is 64.0 Å². The average Bonchev–Trinajstić information content (AvgIpc) is 3.15. The van der Waals surface area contributed by atoms with Crippen molar-refractivity contribution >= 4 is 17.7 Å². The van der Waals surface area contributed by atoms with Crippen LogP contribution in [0.1, 0.15) is 32.7 Å². The molecule has 0 unspecified atom stereocenters. The van der Waals surface area contributed by atoms with Gasteiger partial charge in [0, 0.05) is 31.0 Å². The molecule has 4 rings (SSSR count). The van der Waals surface area contributed by atoms with E-state index in [1.54, 1.807) is 17.2 Å². The predicted molar refractivity (Wildman–Crippen MR) is 122 cm³/mol. The van der Waals surface area contributed by atoms with E-state index in [1.807, 2.05) is 13.8 Å². The van der Waals surface area contributed by atoms with E-state index in [0.717, 1.165) is 0 Å². The maximum absolute atomic E-state index is 13.5. The number of hydrogen-bond acceptors (Lipinski definition) is 5. The highest BCUT2D eigenvalue weighted by atomic mass is 35.5. The van der Waals surface area contributed by atoms with E-state index in [1.165, 1.54) is 39.7 Å². The molecular formula is C23H25ClFN5O3. The van der Waals surface area contributed by atoms with E-state index < -0.39 is 5.82 Å². The fourth-order valence-electron chi connectivity index (χ4n) is 3.80. The van der Waals surface area contributed by atoms with Crippen molar-refractivity contribution in [3.8, 4) is 17.1 Å². The SMILES string of the molecule is CC(C)COC(=O)N1CCC(n2nc(-c3ccncc3Cl)n(-c3ccc(F)cc3)c2=O)CC1. The number of nitrogens with zero attached hydrogens (tertiary/aromatic N) is 5. The lowest BCUT2D eigenvalue weighted by atomic mass is 10.1. The second-order valence-electron chi connectivity index (χ2n) is 8.41. The van der Waals surface area contributed by atoms with Gasteiger partial charge in [-0.15, -0.1) is 5.10 Å². The van der Waals surface area contributed by atoms with Gasteiger partial charge in [0.25, 0.3) is 0 Å². The highest BCUT2D eigenvalue weighted by molar-refractivity contribution is 6.33. The minimum atomic E-state index is -0.403. The number of benzene rings is 1. The Bertz CT molecular complexity index is 1180. The highest BCUT2D eigenvalue weighted by Crippen LogP contribution is 2.28. The Morgan fingerprint density at radius 2 is 1.91 bits per heavy atom. The standard InChI is InChI=1S/C23H25ClFN5O3/c1-15(2)14-33-23(32)28-11-8-18(9-12-28)30-22(31)29(17-5-3-16(25)4-6-17)21(27-30)19-7-10-26-13-20(19)24/h3-7,10,13,15,18H,8-9,11-12,14H2,1-2H3. The molecule has 10 heteroatoms. The molecule has 0 spiro atoms. The van der Waals surface area contributed by atoms with Crippen molar-refractivity contribution in [2.45, 2.75) is 32.7 Å². The Balaban J connectivity index is 1.64. The van der Waals surface area contributed by atoms with Gasteiger partial charge >= 0.3 is 11.8 Å². The fraction of sp³-hybridized carbons (Fsp3) is 0.391. The number of pyridine rings is 1. The molecule has 3 heterocycles. The van der Waals surface area contributed by atoms with Crippen LogP contribution in [0.5, 0.6) is 0 Å². The smallest absolute Gasteiger partial charge is 0.409 e. The average molecular weight is 474 g/mol. The molecule has 174 valence electrons. The topological polar surface area (TPSA) is 82.2 Å². The number of carbonyl (C=O) groups excluding carboxylic acids is 1. The summed E-state index contributed by atoms with van der Waals surface area (Å²) in [5, 5.41) is 4.97. The molecule has 1 aromatic carbocycles. The maximum Gasteiger partial charge on any atom is 0.409 e. The van der Waals surface area contributed by atoms with Gasteiger partial charge in [0.2, 0.25) is 0 Å². The van der Waals surface area contributed by atoms with Crippen molar-refractivity contribution in [2.24, 2.45) is 5.92 Å². The molecule has 0 aliphatic carbocycles. The summed E-state index contributed by atoms with van der Waals surface area (Å²) in [7, 11) is 0. The summed E-state index contributed by atoms with van der Waals surface area (Å²) in [6, 6.07) is 7.11. The number of halogens is 2. The molecule has 1 saturated heterocycles. The largest absolute Gasteiger partial charge is 0.449 e. The third kappa shape index (κ3) is 4.93. The predicted octanol–water partition coefficient (Wildman–Crippen LogP) is 4.32. The summed E-state index contributed by atoms with van der Waals surface area (Å²) < 4.78 is 21.7. The Morgan fingerprint density at radius 1 is 1.21 bits per heavy atom. The first-order valence-electron chi connectivity index (χ1n) is 10.8. The van der Waals surface area contributed by atoms with Gasteiger partial charge in [-0.25, -0.2) is 23.2 Å². The van der Waals surface area contributed by atoms with E-state index in [9.17, 15) is 14.0 Å². The Morgan fingerprint density at radius 3 is 2.55 bits per heavy atom. The first-order valence-corrected chi connectivity index (χ1v) is 11.2. The molecule has 1 aliphatic heterocycles. The fourth-order valence-corrected chi connectivity index (χ4v) is 4.00. The molecule has 2 aromatic heterocycles. The molecule has 0 saturated carbocycles. The third-order valence-electron chi connectivity index (χ3n) is 5.51. The maximum atomic E-state index is 13.5. The van der Waals surface area contributed by atoms with Crippen molar-refractivity contribution in [3.63, 3.8) is 0 Å². The van der Waals surface area contributed by atoms with Crippen LogP contribution in [0.25, 0.3) is 17.1 Å². The summed E-state index contributed by atoms with van der Waals surface area (Å²) in [4.78, 5) is 31.4. The van der Waals surface area contributed by atoms with Crippen LogP contribution in [0, 0.1) is 11.7 Å². The first-order chi connectivity index (χ1) is 15.8. The lowest BCUT2D eigenvalue weighted by Crippen LogP contribution is -2.41. The van der Waals surface area contributed by atoms with Crippen LogP contribution in [0.15, 0.2) is 47.5 Å². The van der Waals surface area contributed by atoms with Gasteiger partial charge < -0.3 is 9.64 Å². The molecule has 1 aliphatic rings. The monoisotopic (exact) mass is 473 g/mol. The van der Waals surface area contributed by atoms with Crippen LogP contribution in [0.3, 0.4) is 0 Å². The van der Waals surface area contributed by atoms with Crippen LogP contribution < -0.4 is 5.69 Å². The molecule has 1 amide bonds. The summed E-state index contributed by atoms with van der Waals surface area (Å²) in [6.07, 6.45) is 3.83. The number of aromatic nitrogens is 4. The van der Waals surface area contributed by atoms with Gasteiger partial charge in [0.15, 0.2) is 5.82 Å².